The number of ether oxygens (including phenoxy) is 2. The second-order valence-electron chi connectivity index (χ2n) is 4.49. The molecule has 0 saturated carbocycles. The van der Waals surface area contributed by atoms with E-state index in [0.717, 1.165) is 17.7 Å². The van der Waals surface area contributed by atoms with E-state index in [-0.39, 0.29) is 22.6 Å². The Morgan fingerprint density at radius 2 is 2.17 bits per heavy atom. The van der Waals surface area contributed by atoms with Crippen LogP contribution in [0, 0.1) is 0 Å². The number of cyclic esters (lactones) is 1. The molecule has 0 amide bonds. The monoisotopic (exact) mass is 266 g/mol. The summed E-state index contributed by atoms with van der Waals surface area (Å²) in [6.45, 7) is 4.03. The molecule has 0 radical (unpaired) electrons. The summed E-state index contributed by atoms with van der Waals surface area (Å²) in [6, 6.07) is 7.93. The topological polar surface area (TPSA) is 35.5 Å². The number of hydrogen-bond acceptors (Lipinski definition) is 4. The molecule has 0 bridgehead atoms. The summed E-state index contributed by atoms with van der Waals surface area (Å²) >= 11 is 1.65. The zero-order valence-corrected chi connectivity index (χ0v) is 11.7. The van der Waals surface area contributed by atoms with Gasteiger partial charge in [0.15, 0.2) is 0 Å². The van der Waals surface area contributed by atoms with Gasteiger partial charge in [0.1, 0.15) is 17.1 Å². The molecule has 3 nitrogen and oxygen atoms in total. The molecule has 0 N–H and O–H groups in total. The van der Waals surface area contributed by atoms with E-state index >= 15 is 0 Å². The normalized spacial score (nSPS) is 24.7. The largest absolute Gasteiger partial charge is 0.496 e. The van der Waals surface area contributed by atoms with Crippen LogP contribution in [0.3, 0.4) is 0 Å². The van der Waals surface area contributed by atoms with E-state index < -0.39 is 0 Å². The number of hydrogen-bond donors (Lipinski definition) is 0. The Bertz CT molecular complexity index is 433. The van der Waals surface area contributed by atoms with Crippen molar-refractivity contribution in [2.24, 2.45) is 0 Å². The highest BCUT2D eigenvalue weighted by Gasteiger charge is 2.34. The molecule has 1 fully saturated rings. The fourth-order valence-electron chi connectivity index (χ4n) is 2.15. The molecule has 0 spiro atoms. The lowest BCUT2D eigenvalue weighted by Crippen LogP contribution is -2.11. The Labute approximate surface area is 112 Å². The van der Waals surface area contributed by atoms with Gasteiger partial charge in [0.05, 0.1) is 7.11 Å². The number of carbonyl (C=O) groups excluding carboxylic acids is 1. The third-order valence-corrected chi connectivity index (χ3v) is 4.45. The van der Waals surface area contributed by atoms with E-state index in [4.69, 9.17) is 9.47 Å². The first-order chi connectivity index (χ1) is 8.61. The molecule has 3 unspecified atom stereocenters. The number of para-hydroxylation sites is 1. The molecule has 98 valence electrons. The van der Waals surface area contributed by atoms with E-state index in [1.807, 2.05) is 31.2 Å². The molecule has 1 aromatic rings. The summed E-state index contributed by atoms with van der Waals surface area (Å²) in [5.74, 6) is 0.783. The summed E-state index contributed by atoms with van der Waals surface area (Å²) in [4.78, 5) is 11.6. The van der Waals surface area contributed by atoms with E-state index in [0.29, 0.717) is 0 Å². The molecule has 1 heterocycles. The quantitative estimate of drug-likeness (QED) is 0.784. The van der Waals surface area contributed by atoms with Gasteiger partial charge in [-0.15, -0.1) is 11.8 Å². The predicted molar refractivity (Wildman–Crippen MR) is 73.0 cm³/mol. The maximum absolute atomic E-state index is 11.6. The Morgan fingerprint density at radius 1 is 1.44 bits per heavy atom. The van der Waals surface area contributed by atoms with E-state index in [2.05, 4.69) is 6.92 Å². The van der Waals surface area contributed by atoms with Crippen molar-refractivity contribution in [3.63, 3.8) is 0 Å². The standard InChI is InChI=1S/C14H18O3S/c1-9-8-13(14(15)17-9)18-10(2)11-6-4-5-7-12(11)16-3/h4-7,9-10,13H,8H2,1-3H3. The zero-order valence-electron chi connectivity index (χ0n) is 10.9. The van der Waals surface area contributed by atoms with Crippen LogP contribution in [0.15, 0.2) is 24.3 Å². The minimum absolute atomic E-state index is 0.0415. The van der Waals surface area contributed by atoms with Gasteiger partial charge in [-0.3, -0.25) is 4.79 Å². The van der Waals surface area contributed by atoms with Gasteiger partial charge < -0.3 is 9.47 Å². The Balaban J connectivity index is 2.07. The number of methoxy groups -OCH3 is 1. The van der Waals surface area contributed by atoms with Gasteiger partial charge >= 0.3 is 5.97 Å². The van der Waals surface area contributed by atoms with Gasteiger partial charge in [-0.1, -0.05) is 18.2 Å². The number of carbonyl (C=O) groups is 1. The molecule has 2 rings (SSSR count). The minimum Gasteiger partial charge on any atom is -0.496 e. The number of esters is 1. The Hall–Kier alpha value is -1.16. The molecule has 0 aliphatic carbocycles. The van der Waals surface area contributed by atoms with Crippen LogP contribution in [0.2, 0.25) is 0 Å². The van der Waals surface area contributed by atoms with Crippen molar-refractivity contribution in [3.8, 4) is 5.75 Å². The first kappa shape index (κ1) is 13.3. The summed E-state index contributed by atoms with van der Waals surface area (Å²) in [6.07, 6.45) is 0.836. The van der Waals surface area contributed by atoms with Crippen LogP contribution in [0.5, 0.6) is 5.75 Å². The highest BCUT2D eigenvalue weighted by Crippen LogP contribution is 2.40. The maximum Gasteiger partial charge on any atom is 0.319 e. The van der Waals surface area contributed by atoms with Crippen molar-refractivity contribution < 1.29 is 14.3 Å². The van der Waals surface area contributed by atoms with Crippen molar-refractivity contribution in [3.05, 3.63) is 29.8 Å². The molecule has 0 aromatic heterocycles. The van der Waals surface area contributed by atoms with Gasteiger partial charge in [-0.25, -0.2) is 0 Å². The molecule has 4 heteroatoms. The van der Waals surface area contributed by atoms with Crippen molar-refractivity contribution in [2.75, 3.05) is 7.11 Å². The lowest BCUT2D eigenvalue weighted by atomic mass is 10.1. The Kier molecular flexibility index (Phi) is 4.17. The van der Waals surface area contributed by atoms with Crippen LogP contribution >= 0.6 is 11.8 Å². The molecule has 18 heavy (non-hydrogen) atoms. The SMILES string of the molecule is COc1ccccc1C(C)SC1CC(C)OC1=O. The van der Waals surface area contributed by atoms with Crippen LogP contribution < -0.4 is 4.74 Å². The lowest BCUT2D eigenvalue weighted by Gasteiger charge is -2.17. The first-order valence-electron chi connectivity index (χ1n) is 6.10. The number of benzene rings is 1. The second-order valence-corrected chi connectivity index (χ2v) is 6.04. The predicted octanol–water partition coefficient (Wildman–Crippen LogP) is 3.19. The minimum atomic E-state index is -0.0887. The lowest BCUT2D eigenvalue weighted by molar-refractivity contribution is -0.140. The summed E-state index contributed by atoms with van der Waals surface area (Å²) in [5.41, 5.74) is 1.12. The average Bonchev–Trinajstić information content (AvgIpc) is 2.67. The van der Waals surface area contributed by atoms with E-state index in [1.165, 1.54) is 0 Å². The highest BCUT2D eigenvalue weighted by atomic mass is 32.2. The van der Waals surface area contributed by atoms with Gasteiger partial charge in [-0.2, -0.15) is 0 Å². The summed E-state index contributed by atoms with van der Waals surface area (Å²) in [5, 5.41) is 0.156. The van der Waals surface area contributed by atoms with Gasteiger partial charge in [0.2, 0.25) is 0 Å². The fourth-order valence-corrected chi connectivity index (χ4v) is 3.54. The molecule has 1 aliphatic rings. The molecule has 1 aliphatic heterocycles. The van der Waals surface area contributed by atoms with Gasteiger partial charge in [-0.05, 0) is 19.9 Å². The van der Waals surface area contributed by atoms with Crippen molar-refractivity contribution in [1.29, 1.82) is 0 Å². The van der Waals surface area contributed by atoms with Crippen molar-refractivity contribution in [2.45, 2.75) is 36.9 Å². The second kappa shape index (κ2) is 5.65. The van der Waals surface area contributed by atoms with E-state index in [1.54, 1.807) is 18.9 Å². The zero-order chi connectivity index (χ0) is 13.1. The average molecular weight is 266 g/mol. The van der Waals surface area contributed by atoms with Crippen molar-refractivity contribution in [1.82, 2.24) is 0 Å². The van der Waals surface area contributed by atoms with Crippen LogP contribution in [-0.2, 0) is 9.53 Å². The molecular formula is C14H18O3S. The molecule has 1 saturated heterocycles. The van der Waals surface area contributed by atoms with Gasteiger partial charge in [0, 0.05) is 17.2 Å². The van der Waals surface area contributed by atoms with Crippen LogP contribution in [-0.4, -0.2) is 24.4 Å². The Morgan fingerprint density at radius 3 is 2.78 bits per heavy atom. The highest BCUT2D eigenvalue weighted by molar-refractivity contribution is 8.00. The smallest absolute Gasteiger partial charge is 0.319 e. The van der Waals surface area contributed by atoms with Gasteiger partial charge in [0.25, 0.3) is 0 Å². The summed E-state index contributed by atoms with van der Waals surface area (Å²) in [7, 11) is 1.67. The first-order valence-corrected chi connectivity index (χ1v) is 7.05. The van der Waals surface area contributed by atoms with Crippen LogP contribution in [0.4, 0.5) is 0 Å². The number of thioether (sulfide) groups is 1. The molecule has 1 aromatic carbocycles. The fraction of sp³-hybridized carbons (Fsp3) is 0.500. The van der Waals surface area contributed by atoms with Crippen molar-refractivity contribution >= 4 is 17.7 Å². The number of rotatable bonds is 4. The van der Waals surface area contributed by atoms with Crippen LogP contribution in [0.25, 0.3) is 0 Å². The summed E-state index contributed by atoms with van der Waals surface area (Å²) < 4.78 is 10.5. The third kappa shape index (κ3) is 2.80. The molecule has 3 atom stereocenters. The third-order valence-electron chi connectivity index (χ3n) is 3.07. The maximum atomic E-state index is 11.6. The van der Waals surface area contributed by atoms with E-state index in [9.17, 15) is 4.79 Å². The molecular weight excluding hydrogens is 248 g/mol. The van der Waals surface area contributed by atoms with Crippen LogP contribution in [0.1, 0.15) is 31.1 Å².